The molecule has 8 heteroatoms. The van der Waals surface area contributed by atoms with Gasteiger partial charge in [-0.3, -0.25) is 0 Å². The summed E-state index contributed by atoms with van der Waals surface area (Å²) in [6.45, 7) is -2.94. The van der Waals surface area contributed by atoms with E-state index in [4.69, 9.17) is 15.7 Å². The zero-order valence-corrected chi connectivity index (χ0v) is 10.6. The first-order valence-corrected chi connectivity index (χ1v) is 5.91. The molecule has 2 rings (SSSR count). The summed E-state index contributed by atoms with van der Waals surface area (Å²) < 4.78 is 34.7. The predicted molar refractivity (Wildman–Crippen MR) is 67.5 cm³/mol. The summed E-state index contributed by atoms with van der Waals surface area (Å²) >= 11 is 1.25. The van der Waals surface area contributed by atoms with Crippen LogP contribution in [0.2, 0.25) is 0 Å². The number of nitrogens with two attached hydrogens (primary N) is 1. The van der Waals surface area contributed by atoms with Crippen LogP contribution in [-0.2, 0) is 0 Å². The van der Waals surface area contributed by atoms with Gasteiger partial charge >= 0.3 is 6.61 Å². The molecule has 5 nitrogen and oxygen atoms in total. The van der Waals surface area contributed by atoms with E-state index >= 15 is 0 Å². The van der Waals surface area contributed by atoms with Gasteiger partial charge in [0.25, 0.3) is 0 Å². The van der Waals surface area contributed by atoms with Crippen LogP contribution in [0.15, 0.2) is 23.4 Å². The third kappa shape index (κ3) is 2.68. The number of rotatable bonds is 4. The van der Waals surface area contributed by atoms with Gasteiger partial charge in [-0.25, -0.2) is 0 Å². The molecule has 19 heavy (non-hydrogen) atoms. The van der Waals surface area contributed by atoms with Crippen molar-refractivity contribution in [2.75, 3.05) is 7.11 Å². The van der Waals surface area contributed by atoms with Gasteiger partial charge in [0.2, 0.25) is 0 Å². The lowest BCUT2D eigenvalue weighted by molar-refractivity contribution is -0.0511. The summed E-state index contributed by atoms with van der Waals surface area (Å²) in [6.07, 6.45) is 0. The second-order valence-corrected chi connectivity index (χ2v) is 4.60. The molecule has 0 bridgehead atoms. The Morgan fingerprint density at radius 3 is 2.68 bits per heavy atom. The van der Waals surface area contributed by atoms with Crippen LogP contribution in [0, 0.1) is 0 Å². The van der Waals surface area contributed by atoms with Crippen LogP contribution in [0.25, 0.3) is 10.1 Å². The fourth-order valence-electron chi connectivity index (χ4n) is 1.57. The Balaban J connectivity index is 2.53. The van der Waals surface area contributed by atoms with Gasteiger partial charge in [0.15, 0.2) is 17.3 Å². The van der Waals surface area contributed by atoms with E-state index < -0.39 is 6.61 Å². The molecule has 2 aromatic rings. The SMILES string of the molecule is COc1cc2sc(/C(N)=N\O)cc2cc1OC(F)F. The summed E-state index contributed by atoms with van der Waals surface area (Å²) in [7, 11) is 1.36. The van der Waals surface area contributed by atoms with Crippen molar-refractivity contribution < 1.29 is 23.5 Å². The number of halogens is 2. The van der Waals surface area contributed by atoms with Crippen LogP contribution in [-0.4, -0.2) is 24.8 Å². The zero-order chi connectivity index (χ0) is 14.0. The number of ether oxygens (including phenoxy) is 2. The Bertz CT molecular complexity index is 628. The van der Waals surface area contributed by atoms with E-state index in [9.17, 15) is 8.78 Å². The highest BCUT2D eigenvalue weighted by Gasteiger charge is 2.14. The normalized spacial score (nSPS) is 12.1. The fraction of sp³-hybridized carbons (Fsp3) is 0.182. The van der Waals surface area contributed by atoms with Crippen LogP contribution in [0.3, 0.4) is 0 Å². The Labute approximate surface area is 110 Å². The molecule has 0 saturated heterocycles. The summed E-state index contributed by atoms with van der Waals surface area (Å²) in [4.78, 5) is 0.522. The summed E-state index contributed by atoms with van der Waals surface area (Å²) in [5.41, 5.74) is 5.48. The number of methoxy groups -OCH3 is 1. The summed E-state index contributed by atoms with van der Waals surface area (Å²) in [5.74, 6) is 0.0889. The van der Waals surface area contributed by atoms with E-state index in [1.807, 2.05) is 0 Å². The summed E-state index contributed by atoms with van der Waals surface area (Å²) in [5, 5.41) is 12.1. The van der Waals surface area contributed by atoms with Crippen LogP contribution in [0.5, 0.6) is 11.5 Å². The van der Waals surface area contributed by atoms with Gasteiger partial charge in [0.05, 0.1) is 12.0 Å². The highest BCUT2D eigenvalue weighted by atomic mass is 32.1. The van der Waals surface area contributed by atoms with Crippen molar-refractivity contribution in [3.63, 3.8) is 0 Å². The second-order valence-electron chi connectivity index (χ2n) is 3.52. The molecule has 0 aliphatic heterocycles. The van der Waals surface area contributed by atoms with E-state index in [2.05, 4.69) is 9.89 Å². The summed E-state index contributed by atoms with van der Waals surface area (Å²) in [6, 6.07) is 4.60. The molecule has 0 aliphatic carbocycles. The van der Waals surface area contributed by atoms with Crippen molar-refractivity contribution in [3.8, 4) is 11.5 Å². The third-order valence-corrected chi connectivity index (χ3v) is 3.50. The molecule has 0 unspecified atom stereocenters. The van der Waals surface area contributed by atoms with Crippen LogP contribution >= 0.6 is 11.3 Å². The van der Waals surface area contributed by atoms with Crippen molar-refractivity contribution in [3.05, 3.63) is 23.1 Å². The number of amidine groups is 1. The quantitative estimate of drug-likeness (QED) is 0.392. The molecule has 0 saturated carbocycles. The Morgan fingerprint density at radius 2 is 2.11 bits per heavy atom. The second kappa shape index (κ2) is 5.27. The third-order valence-electron chi connectivity index (χ3n) is 2.38. The molecule has 0 amide bonds. The van der Waals surface area contributed by atoms with Crippen molar-refractivity contribution >= 4 is 27.3 Å². The molecule has 1 heterocycles. The largest absolute Gasteiger partial charge is 0.493 e. The molecule has 0 aliphatic rings. The molecule has 0 fully saturated rings. The molecule has 1 aromatic heterocycles. The maximum absolute atomic E-state index is 12.3. The molecule has 0 radical (unpaired) electrons. The maximum atomic E-state index is 12.3. The van der Waals surface area contributed by atoms with Crippen molar-refractivity contribution in [2.24, 2.45) is 10.9 Å². The average molecular weight is 288 g/mol. The zero-order valence-electron chi connectivity index (χ0n) is 9.76. The van der Waals surface area contributed by atoms with Gasteiger partial charge in [-0.1, -0.05) is 5.16 Å². The van der Waals surface area contributed by atoms with Crippen molar-refractivity contribution in [2.45, 2.75) is 6.61 Å². The van der Waals surface area contributed by atoms with E-state index in [0.29, 0.717) is 10.3 Å². The Morgan fingerprint density at radius 1 is 1.37 bits per heavy atom. The highest BCUT2D eigenvalue weighted by molar-refractivity contribution is 7.20. The Hall–Kier alpha value is -2.09. The van der Waals surface area contributed by atoms with Gasteiger partial charge in [0, 0.05) is 10.8 Å². The topological polar surface area (TPSA) is 77.1 Å². The number of thiophene rings is 1. The molecular formula is C11H10F2N2O3S. The fourth-order valence-corrected chi connectivity index (χ4v) is 2.54. The maximum Gasteiger partial charge on any atom is 0.387 e. The first-order valence-electron chi connectivity index (χ1n) is 5.09. The van der Waals surface area contributed by atoms with E-state index in [0.717, 1.165) is 4.70 Å². The molecule has 3 N–H and O–H groups in total. The van der Waals surface area contributed by atoms with Gasteiger partial charge in [-0.2, -0.15) is 8.78 Å². The molecule has 102 valence electrons. The average Bonchev–Trinajstić information content (AvgIpc) is 2.78. The van der Waals surface area contributed by atoms with Crippen LogP contribution in [0.4, 0.5) is 8.78 Å². The highest BCUT2D eigenvalue weighted by Crippen LogP contribution is 2.37. The smallest absolute Gasteiger partial charge is 0.387 e. The van der Waals surface area contributed by atoms with Crippen molar-refractivity contribution in [1.82, 2.24) is 0 Å². The minimum atomic E-state index is -2.94. The molecular weight excluding hydrogens is 278 g/mol. The van der Waals surface area contributed by atoms with Gasteiger partial charge in [0.1, 0.15) is 0 Å². The lowest BCUT2D eigenvalue weighted by Crippen LogP contribution is -2.10. The van der Waals surface area contributed by atoms with E-state index in [-0.39, 0.29) is 17.3 Å². The number of alkyl halides is 2. The van der Waals surface area contributed by atoms with E-state index in [1.165, 1.54) is 24.5 Å². The van der Waals surface area contributed by atoms with Gasteiger partial charge in [-0.05, 0) is 17.5 Å². The first kappa shape index (κ1) is 13.3. The lowest BCUT2D eigenvalue weighted by atomic mass is 10.2. The number of oxime groups is 1. The first-order chi connectivity index (χ1) is 9.05. The van der Waals surface area contributed by atoms with Crippen LogP contribution in [0.1, 0.15) is 4.88 Å². The number of benzene rings is 1. The number of hydrogen-bond donors (Lipinski definition) is 2. The number of hydrogen-bond acceptors (Lipinski definition) is 5. The number of fused-ring (bicyclic) bond motifs is 1. The minimum Gasteiger partial charge on any atom is -0.493 e. The lowest BCUT2D eigenvalue weighted by Gasteiger charge is -2.09. The standard InChI is InChI=1S/C11H10F2N2O3S/c1-17-6-4-8-5(2-7(6)18-11(12)13)3-9(19-8)10(14)15-16/h2-4,11,16H,1H3,(H2,14,15). The van der Waals surface area contributed by atoms with Crippen LogP contribution < -0.4 is 15.2 Å². The minimum absolute atomic E-state index is 0.0449. The van der Waals surface area contributed by atoms with Gasteiger partial charge in [-0.15, -0.1) is 11.3 Å². The molecule has 1 aromatic carbocycles. The van der Waals surface area contributed by atoms with Gasteiger partial charge < -0.3 is 20.4 Å². The monoisotopic (exact) mass is 288 g/mol. The Kier molecular flexibility index (Phi) is 3.70. The number of nitrogens with zero attached hydrogens (tertiary/aromatic N) is 1. The van der Waals surface area contributed by atoms with E-state index in [1.54, 1.807) is 12.1 Å². The molecule has 0 atom stereocenters. The predicted octanol–water partition coefficient (Wildman–Crippen LogP) is 2.61. The van der Waals surface area contributed by atoms with Crippen molar-refractivity contribution in [1.29, 1.82) is 0 Å². The molecule has 0 spiro atoms.